The van der Waals surface area contributed by atoms with Crippen LogP contribution in [0.3, 0.4) is 0 Å². The molecule has 1 rings (SSSR count). The molecule has 1 aromatic rings. The second-order valence-corrected chi connectivity index (χ2v) is 5.36. The van der Waals surface area contributed by atoms with Crippen LogP contribution in [0.15, 0.2) is 24.3 Å². The highest BCUT2D eigenvalue weighted by Crippen LogP contribution is 2.12. The Hall–Kier alpha value is -1.14. The van der Waals surface area contributed by atoms with Gasteiger partial charge in [-0.2, -0.15) is 0 Å². The number of ether oxygens (including phenoxy) is 3. The van der Waals surface area contributed by atoms with Crippen LogP contribution in [0.1, 0.15) is 19.4 Å². The molecule has 21 heavy (non-hydrogen) atoms. The van der Waals surface area contributed by atoms with E-state index in [0.717, 1.165) is 12.2 Å². The fraction of sp³-hybridized carbons (Fsp3) is 0.625. The zero-order valence-corrected chi connectivity index (χ0v) is 13.0. The predicted molar refractivity (Wildman–Crippen MR) is 82.3 cm³/mol. The van der Waals surface area contributed by atoms with Crippen molar-refractivity contribution in [1.82, 2.24) is 0 Å². The summed E-state index contributed by atoms with van der Waals surface area (Å²) in [5.41, 5.74) is 6.57. The van der Waals surface area contributed by atoms with Gasteiger partial charge in [0.1, 0.15) is 18.5 Å². The Labute approximate surface area is 127 Å². The molecule has 0 aliphatic heterocycles. The number of nitrogens with two attached hydrogens (primary N) is 1. The van der Waals surface area contributed by atoms with E-state index in [0.29, 0.717) is 31.4 Å². The van der Waals surface area contributed by atoms with Crippen LogP contribution in [0.5, 0.6) is 5.75 Å². The highest BCUT2D eigenvalue weighted by molar-refractivity contribution is 5.27. The molecule has 0 heterocycles. The van der Waals surface area contributed by atoms with Gasteiger partial charge in [0, 0.05) is 13.2 Å². The predicted octanol–water partition coefficient (Wildman–Crippen LogP) is 1.57. The fourth-order valence-electron chi connectivity index (χ4n) is 1.62. The molecule has 0 fully saturated rings. The van der Waals surface area contributed by atoms with Crippen molar-refractivity contribution in [2.24, 2.45) is 11.7 Å². The van der Waals surface area contributed by atoms with Crippen molar-refractivity contribution in [3.63, 3.8) is 0 Å². The van der Waals surface area contributed by atoms with E-state index < -0.39 is 6.10 Å². The van der Waals surface area contributed by atoms with Crippen LogP contribution in [0, 0.1) is 5.92 Å². The summed E-state index contributed by atoms with van der Waals surface area (Å²) in [6.07, 6.45) is -0.649. The van der Waals surface area contributed by atoms with E-state index in [1.54, 1.807) is 0 Å². The van der Waals surface area contributed by atoms with Crippen molar-refractivity contribution in [2.45, 2.75) is 26.5 Å². The van der Waals surface area contributed by atoms with Gasteiger partial charge in [0.25, 0.3) is 0 Å². The van der Waals surface area contributed by atoms with Crippen molar-refractivity contribution >= 4 is 0 Å². The molecule has 3 N–H and O–H groups in total. The van der Waals surface area contributed by atoms with Gasteiger partial charge in [-0.05, 0) is 23.6 Å². The van der Waals surface area contributed by atoms with Crippen LogP contribution in [-0.4, -0.2) is 44.2 Å². The van der Waals surface area contributed by atoms with E-state index >= 15 is 0 Å². The standard InChI is InChI=1S/C16H27NO4/c1-13(2)10-19-7-8-20-11-15(18)12-21-16-5-3-14(9-17)4-6-16/h3-6,13,15,18H,7-12,17H2,1-2H3. The lowest BCUT2D eigenvalue weighted by atomic mass is 10.2. The Kier molecular flexibility index (Phi) is 9.01. The van der Waals surface area contributed by atoms with Gasteiger partial charge in [-0.15, -0.1) is 0 Å². The summed E-state index contributed by atoms with van der Waals surface area (Å²) in [4.78, 5) is 0. The fourth-order valence-corrected chi connectivity index (χ4v) is 1.62. The molecular formula is C16H27NO4. The van der Waals surface area contributed by atoms with Gasteiger partial charge in [0.2, 0.25) is 0 Å². The highest BCUT2D eigenvalue weighted by atomic mass is 16.5. The van der Waals surface area contributed by atoms with E-state index in [2.05, 4.69) is 13.8 Å². The zero-order valence-electron chi connectivity index (χ0n) is 13.0. The molecule has 1 atom stereocenters. The Balaban J connectivity index is 2.06. The number of hydrogen-bond acceptors (Lipinski definition) is 5. The zero-order chi connectivity index (χ0) is 15.5. The van der Waals surface area contributed by atoms with Crippen molar-refractivity contribution < 1.29 is 19.3 Å². The largest absolute Gasteiger partial charge is 0.491 e. The van der Waals surface area contributed by atoms with Gasteiger partial charge in [-0.3, -0.25) is 0 Å². The van der Waals surface area contributed by atoms with Crippen LogP contribution >= 0.6 is 0 Å². The van der Waals surface area contributed by atoms with Crippen molar-refractivity contribution in [2.75, 3.05) is 33.0 Å². The third kappa shape index (κ3) is 8.67. The highest BCUT2D eigenvalue weighted by Gasteiger charge is 2.05. The molecule has 0 aliphatic carbocycles. The van der Waals surface area contributed by atoms with Crippen molar-refractivity contribution in [3.8, 4) is 5.75 Å². The summed E-state index contributed by atoms with van der Waals surface area (Å²) in [5.74, 6) is 1.24. The summed E-state index contributed by atoms with van der Waals surface area (Å²) in [7, 11) is 0. The van der Waals surface area contributed by atoms with Gasteiger partial charge in [-0.25, -0.2) is 0 Å². The summed E-state index contributed by atoms with van der Waals surface area (Å²) >= 11 is 0. The van der Waals surface area contributed by atoms with Gasteiger partial charge in [0.05, 0.1) is 19.8 Å². The third-order valence-electron chi connectivity index (χ3n) is 2.73. The van der Waals surface area contributed by atoms with Crippen LogP contribution in [0.25, 0.3) is 0 Å². The molecule has 0 bridgehead atoms. The first-order valence-corrected chi connectivity index (χ1v) is 7.37. The topological polar surface area (TPSA) is 73.9 Å². The lowest BCUT2D eigenvalue weighted by Gasteiger charge is -2.13. The van der Waals surface area contributed by atoms with Crippen molar-refractivity contribution in [1.29, 1.82) is 0 Å². The van der Waals surface area contributed by atoms with E-state index in [1.165, 1.54) is 0 Å². The first-order valence-electron chi connectivity index (χ1n) is 7.37. The molecule has 0 spiro atoms. The first-order chi connectivity index (χ1) is 10.1. The molecule has 0 amide bonds. The maximum Gasteiger partial charge on any atom is 0.119 e. The molecule has 1 unspecified atom stereocenters. The smallest absolute Gasteiger partial charge is 0.119 e. The second kappa shape index (κ2) is 10.6. The minimum Gasteiger partial charge on any atom is -0.491 e. The van der Waals surface area contributed by atoms with Gasteiger partial charge in [-0.1, -0.05) is 26.0 Å². The Bertz CT molecular complexity index is 367. The summed E-state index contributed by atoms with van der Waals surface area (Å²) in [5, 5.41) is 9.75. The molecule has 120 valence electrons. The van der Waals surface area contributed by atoms with Crippen LogP contribution < -0.4 is 10.5 Å². The maximum atomic E-state index is 9.75. The average molecular weight is 297 g/mol. The van der Waals surface area contributed by atoms with Gasteiger partial charge in [0.15, 0.2) is 0 Å². The van der Waals surface area contributed by atoms with E-state index in [1.807, 2.05) is 24.3 Å². The lowest BCUT2D eigenvalue weighted by Crippen LogP contribution is -2.24. The number of aliphatic hydroxyl groups is 1. The van der Waals surface area contributed by atoms with E-state index in [4.69, 9.17) is 19.9 Å². The molecule has 0 saturated heterocycles. The molecule has 1 aromatic carbocycles. The summed E-state index contributed by atoms with van der Waals surface area (Å²) < 4.78 is 16.2. The molecule has 5 heteroatoms. The van der Waals surface area contributed by atoms with Crippen LogP contribution in [0.2, 0.25) is 0 Å². The second-order valence-electron chi connectivity index (χ2n) is 5.36. The van der Waals surface area contributed by atoms with E-state index in [-0.39, 0.29) is 13.2 Å². The molecule has 5 nitrogen and oxygen atoms in total. The average Bonchev–Trinajstić information content (AvgIpc) is 2.49. The minimum absolute atomic E-state index is 0.203. The monoisotopic (exact) mass is 297 g/mol. The molecular weight excluding hydrogens is 270 g/mol. The maximum absolute atomic E-state index is 9.75. The minimum atomic E-state index is -0.649. The summed E-state index contributed by atoms with van der Waals surface area (Å²) in [6.45, 7) is 6.91. The van der Waals surface area contributed by atoms with Crippen molar-refractivity contribution in [3.05, 3.63) is 29.8 Å². The first kappa shape index (κ1) is 17.9. The number of hydrogen-bond donors (Lipinski definition) is 2. The van der Waals surface area contributed by atoms with E-state index in [9.17, 15) is 5.11 Å². The number of benzene rings is 1. The Morgan fingerprint density at radius 3 is 2.19 bits per heavy atom. The van der Waals surface area contributed by atoms with Crippen LogP contribution in [-0.2, 0) is 16.0 Å². The molecule has 0 aromatic heterocycles. The van der Waals surface area contributed by atoms with Gasteiger partial charge >= 0.3 is 0 Å². The molecule has 0 aliphatic rings. The molecule has 0 saturated carbocycles. The SMILES string of the molecule is CC(C)COCCOCC(O)COc1ccc(CN)cc1. The Morgan fingerprint density at radius 1 is 1.00 bits per heavy atom. The lowest BCUT2D eigenvalue weighted by molar-refractivity contribution is -0.0139. The quantitative estimate of drug-likeness (QED) is 0.607. The number of aliphatic hydroxyl groups excluding tert-OH is 1. The number of rotatable bonds is 11. The Morgan fingerprint density at radius 2 is 1.62 bits per heavy atom. The third-order valence-corrected chi connectivity index (χ3v) is 2.73. The van der Waals surface area contributed by atoms with Gasteiger partial charge < -0.3 is 25.1 Å². The summed E-state index contributed by atoms with van der Waals surface area (Å²) in [6, 6.07) is 7.50. The molecule has 0 radical (unpaired) electrons. The normalized spacial score (nSPS) is 12.6. The van der Waals surface area contributed by atoms with Crippen LogP contribution in [0.4, 0.5) is 0 Å².